The number of hydrogen-bond acceptors (Lipinski definition) is 4. The zero-order valence-corrected chi connectivity index (χ0v) is 21.7. The van der Waals surface area contributed by atoms with Crippen molar-refractivity contribution in [1.82, 2.24) is 0 Å². The van der Waals surface area contributed by atoms with E-state index in [1.54, 1.807) is 0 Å². The lowest BCUT2D eigenvalue weighted by Crippen LogP contribution is -2.21. The van der Waals surface area contributed by atoms with Crippen LogP contribution in [-0.2, 0) is 18.9 Å². The maximum absolute atomic E-state index is 5.81. The van der Waals surface area contributed by atoms with E-state index in [4.69, 9.17) is 18.9 Å². The van der Waals surface area contributed by atoms with E-state index in [1.807, 2.05) is 0 Å². The molecule has 4 aliphatic heterocycles. The van der Waals surface area contributed by atoms with Crippen molar-refractivity contribution < 1.29 is 18.9 Å². The number of ether oxygens (including phenoxy) is 4. The summed E-state index contributed by atoms with van der Waals surface area (Å²) in [6, 6.07) is 2.74. The lowest BCUT2D eigenvalue weighted by molar-refractivity contribution is 0.0517. The first-order chi connectivity index (χ1) is 13.3. The Bertz CT molecular complexity index is 412. The summed E-state index contributed by atoms with van der Waals surface area (Å²) in [5.41, 5.74) is 0. The van der Waals surface area contributed by atoms with Crippen molar-refractivity contribution in [1.29, 1.82) is 0 Å². The van der Waals surface area contributed by atoms with Gasteiger partial charge in [-0.3, -0.25) is 0 Å². The number of hydrogen-bond donors (Lipinski definition) is 0. The van der Waals surface area contributed by atoms with Crippen molar-refractivity contribution in [3.63, 3.8) is 0 Å². The second-order valence-corrected chi connectivity index (χ2v) is 10.9. The van der Waals surface area contributed by atoms with Crippen LogP contribution in [0, 0.1) is 11.8 Å². The average molecular weight is 415 g/mol. The van der Waals surface area contributed by atoms with Gasteiger partial charge in [0.1, 0.15) is 0 Å². The standard InChI is InChI=1S/C11H22O2Si.C10H20O2Si/c14-7-1-5-12-6-4-9-8-10-2-3-11(9)13-10;13-5-1-4-11-7-8-6-9-2-3-10(8)12-9/h9-11H,1-8H2,14H3;8-10H,1-7H2,13H3. The Balaban J connectivity index is 0.000000156. The third kappa shape index (κ3) is 6.93. The minimum Gasteiger partial charge on any atom is -0.381 e. The van der Waals surface area contributed by atoms with Crippen LogP contribution in [-0.4, -0.2) is 71.3 Å². The van der Waals surface area contributed by atoms with Crippen molar-refractivity contribution >= 4 is 20.5 Å². The van der Waals surface area contributed by atoms with Crippen molar-refractivity contribution in [2.75, 3.05) is 26.4 Å². The van der Waals surface area contributed by atoms with Gasteiger partial charge in [-0.1, -0.05) is 12.1 Å². The SMILES string of the molecule is [SiH3]CCCOCC1CC2CCC1O2.[SiH3]CCCOCCC1CC2CCC1O2. The van der Waals surface area contributed by atoms with Crippen LogP contribution in [0.5, 0.6) is 0 Å². The third-order valence-corrected chi connectivity index (χ3v) is 8.13. The van der Waals surface area contributed by atoms with Gasteiger partial charge in [0.2, 0.25) is 0 Å². The summed E-state index contributed by atoms with van der Waals surface area (Å²) in [6.07, 6.45) is 13.8. The summed E-state index contributed by atoms with van der Waals surface area (Å²) in [6.45, 7) is 3.85. The Morgan fingerprint density at radius 1 is 0.704 bits per heavy atom. The molecule has 0 spiro atoms. The molecule has 6 atom stereocenters. The predicted octanol–water partition coefficient (Wildman–Crippen LogP) is 1.88. The third-order valence-electron chi connectivity index (χ3n) is 6.71. The molecule has 158 valence electrons. The Morgan fingerprint density at radius 3 is 1.81 bits per heavy atom. The molecule has 0 saturated carbocycles. The first-order valence-electron chi connectivity index (χ1n) is 11.8. The Kier molecular flexibility index (Phi) is 9.83. The molecular formula is C21H42O4Si2. The lowest BCUT2D eigenvalue weighted by atomic mass is 9.87. The monoisotopic (exact) mass is 414 g/mol. The predicted molar refractivity (Wildman–Crippen MR) is 117 cm³/mol. The van der Waals surface area contributed by atoms with Gasteiger partial charge in [-0.2, -0.15) is 0 Å². The molecule has 0 N–H and O–H groups in total. The zero-order chi connectivity index (χ0) is 18.9. The van der Waals surface area contributed by atoms with Crippen LogP contribution < -0.4 is 0 Å². The minimum atomic E-state index is 0.543. The van der Waals surface area contributed by atoms with E-state index in [2.05, 4.69) is 0 Å². The fourth-order valence-electron chi connectivity index (χ4n) is 5.03. The molecule has 4 saturated heterocycles. The summed E-state index contributed by atoms with van der Waals surface area (Å²) in [5, 5.41) is 0. The molecule has 0 amide bonds. The van der Waals surface area contributed by atoms with E-state index in [-0.39, 0.29) is 0 Å². The lowest BCUT2D eigenvalue weighted by Gasteiger charge is -2.18. The van der Waals surface area contributed by atoms with E-state index in [9.17, 15) is 0 Å². The fraction of sp³-hybridized carbons (Fsp3) is 1.00. The van der Waals surface area contributed by atoms with Crippen LogP contribution in [0.3, 0.4) is 0 Å². The normalized spacial score (nSPS) is 36.4. The van der Waals surface area contributed by atoms with Gasteiger partial charge in [0.05, 0.1) is 31.0 Å². The molecule has 4 bridgehead atoms. The van der Waals surface area contributed by atoms with Crippen LogP contribution in [0.25, 0.3) is 0 Å². The van der Waals surface area contributed by atoms with Gasteiger partial charge >= 0.3 is 0 Å². The number of rotatable bonds is 11. The molecule has 27 heavy (non-hydrogen) atoms. The maximum Gasteiger partial charge on any atom is 0.0630 e. The van der Waals surface area contributed by atoms with Gasteiger partial charge < -0.3 is 18.9 Å². The zero-order valence-electron chi connectivity index (χ0n) is 17.7. The van der Waals surface area contributed by atoms with Gasteiger partial charge in [0.15, 0.2) is 0 Å². The smallest absolute Gasteiger partial charge is 0.0630 e. The first-order valence-corrected chi connectivity index (χ1v) is 14.6. The van der Waals surface area contributed by atoms with Gasteiger partial charge in [-0.25, -0.2) is 0 Å². The number of fused-ring (bicyclic) bond motifs is 4. The Hall–Kier alpha value is 0.274. The van der Waals surface area contributed by atoms with E-state index in [0.717, 1.165) is 32.3 Å². The fourth-order valence-corrected chi connectivity index (χ4v) is 5.61. The minimum absolute atomic E-state index is 0.543. The Morgan fingerprint density at radius 2 is 1.30 bits per heavy atom. The summed E-state index contributed by atoms with van der Waals surface area (Å²) in [4.78, 5) is 0. The molecule has 4 heterocycles. The molecule has 0 aromatic rings. The summed E-state index contributed by atoms with van der Waals surface area (Å²) < 4.78 is 22.8. The van der Waals surface area contributed by atoms with Crippen molar-refractivity contribution in [3.05, 3.63) is 0 Å². The van der Waals surface area contributed by atoms with Gasteiger partial charge in [-0.15, -0.1) is 0 Å². The van der Waals surface area contributed by atoms with Crippen LogP contribution in [0.1, 0.15) is 57.8 Å². The first kappa shape index (κ1) is 22.0. The van der Waals surface area contributed by atoms with E-state index < -0.39 is 0 Å². The molecule has 6 heteroatoms. The second kappa shape index (κ2) is 12.1. The average Bonchev–Trinajstić information content (AvgIpc) is 3.47. The molecule has 0 aromatic heterocycles. The molecular weight excluding hydrogens is 372 g/mol. The van der Waals surface area contributed by atoms with E-state index in [1.165, 1.54) is 90.4 Å². The quantitative estimate of drug-likeness (QED) is 0.382. The maximum atomic E-state index is 5.81. The molecule has 4 aliphatic rings. The molecule has 4 rings (SSSR count). The topological polar surface area (TPSA) is 36.9 Å². The van der Waals surface area contributed by atoms with Crippen molar-refractivity contribution in [2.45, 2.75) is 94.3 Å². The van der Waals surface area contributed by atoms with Gasteiger partial charge in [0.25, 0.3) is 0 Å². The molecule has 4 fully saturated rings. The summed E-state index contributed by atoms with van der Waals surface area (Å²) in [5.74, 6) is 1.53. The van der Waals surface area contributed by atoms with Crippen molar-refractivity contribution in [2.24, 2.45) is 11.8 Å². The van der Waals surface area contributed by atoms with Crippen molar-refractivity contribution in [3.8, 4) is 0 Å². The molecule has 6 unspecified atom stereocenters. The van der Waals surface area contributed by atoms with Gasteiger partial charge in [0, 0.05) is 46.2 Å². The summed E-state index contributed by atoms with van der Waals surface area (Å²) in [7, 11) is 2.63. The van der Waals surface area contributed by atoms with E-state index >= 15 is 0 Å². The molecule has 0 aliphatic carbocycles. The highest BCUT2D eigenvalue weighted by Crippen LogP contribution is 2.40. The van der Waals surface area contributed by atoms with Gasteiger partial charge in [-0.05, 0) is 63.7 Å². The van der Waals surface area contributed by atoms with Crippen LogP contribution in [0.2, 0.25) is 12.1 Å². The highest BCUT2D eigenvalue weighted by Gasteiger charge is 2.41. The van der Waals surface area contributed by atoms with E-state index in [0.29, 0.717) is 30.3 Å². The molecule has 0 aromatic carbocycles. The second-order valence-electron chi connectivity index (χ2n) is 8.92. The van der Waals surface area contributed by atoms with Crippen LogP contribution >= 0.6 is 0 Å². The Labute approximate surface area is 172 Å². The highest BCUT2D eigenvalue weighted by molar-refractivity contribution is 6.08. The van der Waals surface area contributed by atoms with Crippen LogP contribution in [0.15, 0.2) is 0 Å². The largest absolute Gasteiger partial charge is 0.381 e. The van der Waals surface area contributed by atoms with Crippen LogP contribution in [0.4, 0.5) is 0 Å². The highest BCUT2D eigenvalue weighted by atomic mass is 28.1. The molecule has 4 nitrogen and oxygen atoms in total. The molecule has 0 radical (unpaired) electrons. The summed E-state index contributed by atoms with van der Waals surface area (Å²) >= 11 is 0.